The number of urea groups is 1. The number of para-hydroxylation sites is 1. The number of hydrogen-bond donors (Lipinski definition) is 6. The monoisotopic (exact) mass is 870 g/mol. The molecule has 1 saturated carbocycles. The van der Waals surface area contributed by atoms with Crippen molar-refractivity contribution in [1.82, 2.24) is 41.0 Å². The first-order chi connectivity index (χ1) is 30.6. The van der Waals surface area contributed by atoms with Crippen LogP contribution in [0, 0.1) is 11.8 Å². The Morgan fingerprint density at radius 1 is 0.905 bits per heavy atom. The number of anilines is 4. The number of halogens is 1. The van der Waals surface area contributed by atoms with Gasteiger partial charge in [0, 0.05) is 75.0 Å². The van der Waals surface area contributed by atoms with E-state index in [1.54, 1.807) is 36.2 Å². The lowest BCUT2D eigenvalue weighted by atomic mass is 9.89. The summed E-state index contributed by atoms with van der Waals surface area (Å²) in [6.07, 6.45) is 8.38. The molecule has 0 radical (unpaired) electrons. The molecule has 63 heavy (non-hydrogen) atoms. The molecule has 4 aromatic rings. The maximum absolute atomic E-state index is 13.3. The van der Waals surface area contributed by atoms with Gasteiger partial charge in [0.2, 0.25) is 17.8 Å². The molecule has 15 nitrogen and oxygen atoms in total. The van der Waals surface area contributed by atoms with Gasteiger partial charge in [0.25, 0.3) is 11.8 Å². The molecule has 0 spiro atoms. The lowest BCUT2D eigenvalue weighted by Gasteiger charge is -2.35. The van der Waals surface area contributed by atoms with Crippen molar-refractivity contribution in [1.29, 1.82) is 0 Å². The molecule has 1 unspecified atom stereocenters. The highest BCUT2D eigenvalue weighted by Gasteiger charge is 2.39. The van der Waals surface area contributed by atoms with Crippen molar-refractivity contribution < 1.29 is 24.0 Å². The molecule has 1 aliphatic carbocycles. The highest BCUT2D eigenvalue weighted by molar-refractivity contribution is 6.33. The van der Waals surface area contributed by atoms with Gasteiger partial charge in [0.05, 0.1) is 17.4 Å². The van der Waals surface area contributed by atoms with Crippen LogP contribution in [0.1, 0.15) is 101 Å². The molecule has 6 N–H and O–H groups in total. The standard InChI is InChI=1S/C47H51ClN10O5/c1-49-43(60)37-7-2-3-8-39(37)54-42-38(48)27-51-46(56-42)52-34-12-10-30(11-13-34)31-21-24-57(25-22-31)47(63)53-35-16-14-33(15-17-35)50-23-5-4-6-29-9-18-36-32(26-29)28-58(45(36)62)40-19-20-41(59)55-44(40)61/h2-3,7-13,18,26-27,31,33,35,40,50H,5,14-17,19-25,28H2,1H3,(H,49,60)(H,53,63)(H,55,59,61)(H2,51,52,54,56)/t33-,35+,40?. The number of piperidine rings is 2. The number of benzene rings is 3. The highest BCUT2D eigenvalue weighted by Crippen LogP contribution is 2.32. The second-order valence-corrected chi connectivity index (χ2v) is 16.8. The lowest BCUT2D eigenvalue weighted by Crippen LogP contribution is -2.52. The van der Waals surface area contributed by atoms with E-state index in [1.807, 2.05) is 35.2 Å². The van der Waals surface area contributed by atoms with Gasteiger partial charge in [-0.1, -0.05) is 47.7 Å². The molecule has 3 aliphatic heterocycles. The number of hydrogen-bond acceptors (Lipinski definition) is 10. The molecule has 1 atom stereocenters. The fourth-order valence-electron chi connectivity index (χ4n) is 8.81. The Balaban J connectivity index is 0.726. The Morgan fingerprint density at radius 3 is 2.43 bits per heavy atom. The van der Waals surface area contributed by atoms with E-state index >= 15 is 0 Å². The summed E-state index contributed by atoms with van der Waals surface area (Å²) in [5.41, 5.74) is 5.35. The number of nitrogens with one attached hydrogen (secondary N) is 6. The van der Waals surface area contributed by atoms with Crippen LogP contribution >= 0.6 is 11.6 Å². The summed E-state index contributed by atoms with van der Waals surface area (Å²) in [5.74, 6) is 6.42. The van der Waals surface area contributed by atoms with Crippen molar-refractivity contribution in [2.45, 2.75) is 88.4 Å². The molecule has 4 aliphatic rings. The van der Waals surface area contributed by atoms with Crippen LogP contribution in [-0.2, 0) is 16.1 Å². The first kappa shape index (κ1) is 43.2. The van der Waals surface area contributed by atoms with Crippen molar-refractivity contribution >= 4 is 64.4 Å². The van der Waals surface area contributed by atoms with Crippen LogP contribution in [0.15, 0.2) is 72.9 Å². The number of aromatic nitrogens is 2. The van der Waals surface area contributed by atoms with E-state index < -0.39 is 11.9 Å². The molecule has 0 bridgehead atoms. The van der Waals surface area contributed by atoms with Crippen LogP contribution in [-0.4, -0.2) is 94.2 Å². The Labute approximate surface area is 371 Å². The number of amides is 6. The van der Waals surface area contributed by atoms with Crippen LogP contribution in [0.2, 0.25) is 5.02 Å². The molecule has 3 fully saturated rings. The third-order valence-electron chi connectivity index (χ3n) is 12.3. The molecule has 1 aromatic heterocycles. The molecule has 6 amide bonds. The number of rotatable bonds is 11. The van der Waals surface area contributed by atoms with Gasteiger partial charge < -0.3 is 36.4 Å². The number of fused-ring (bicyclic) bond motifs is 1. The Hall–Kier alpha value is -6.50. The van der Waals surface area contributed by atoms with Crippen LogP contribution in [0.3, 0.4) is 0 Å². The van der Waals surface area contributed by atoms with E-state index in [0.717, 1.165) is 61.9 Å². The molecule has 326 valence electrons. The van der Waals surface area contributed by atoms with Crippen LogP contribution in [0.25, 0.3) is 0 Å². The van der Waals surface area contributed by atoms with Gasteiger partial charge in [0.1, 0.15) is 11.1 Å². The number of carbonyl (C=O) groups excluding carboxylic acids is 5. The normalized spacial score (nSPS) is 20.0. The summed E-state index contributed by atoms with van der Waals surface area (Å²) >= 11 is 6.41. The fourth-order valence-corrected chi connectivity index (χ4v) is 8.95. The number of nitrogens with zero attached hydrogens (tertiary/aromatic N) is 4. The zero-order valence-corrected chi connectivity index (χ0v) is 35.9. The minimum atomic E-state index is -0.630. The first-order valence-electron chi connectivity index (χ1n) is 21.6. The van der Waals surface area contributed by atoms with Gasteiger partial charge >= 0.3 is 6.03 Å². The Bertz CT molecular complexity index is 2440. The number of likely N-dealkylation sites (tertiary alicyclic amines) is 1. The SMILES string of the molecule is CNC(=O)c1ccccc1Nc1nc(Nc2ccc(C3CCN(C(=O)N[C@H]4CC[C@@H](NCCC#Cc5ccc6c(c5)CN(C5CCC(=O)NC5=O)C6=O)CC4)CC3)cc2)ncc1Cl. The second kappa shape index (κ2) is 19.7. The largest absolute Gasteiger partial charge is 0.355 e. The van der Waals surface area contributed by atoms with Gasteiger partial charge in [-0.05, 0) is 104 Å². The highest BCUT2D eigenvalue weighted by atomic mass is 35.5. The van der Waals surface area contributed by atoms with E-state index in [4.69, 9.17) is 11.6 Å². The van der Waals surface area contributed by atoms with Gasteiger partial charge in [-0.25, -0.2) is 9.78 Å². The quantitative estimate of drug-likeness (QED) is 0.0596. The van der Waals surface area contributed by atoms with Crippen LogP contribution in [0.5, 0.6) is 0 Å². The zero-order chi connectivity index (χ0) is 43.9. The summed E-state index contributed by atoms with van der Waals surface area (Å²) < 4.78 is 0. The van der Waals surface area contributed by atoms with Crippen molar-refractivity contribution in [3.05, 3.63) is 106 Å². The third kappa shape index (κ3) is 10.4. The maximum Gasteiger partial charge on any atom is 0.317 e. The summed E-state index contributed by atoms with van der Waals surface area (Å²) in [5, 5.41) is 18.6. The molecule has 16 heteroatoms. The van der Waals surface area contributed by atoms with Gasteiger partial charge in [0.15, 0.2) is 5.82 Å². The summed E-state index contributed by atoms with van der Waals surface area (Å²) in [4.78, 5) is 74.9. The van der Waals surface area contributed by atoms with Crippen LogP contribution in [0.4, 0.5) is 27.9 Å². The maximum atomic E-state index is 13.3. The van der Waals surface area contributed by atoms with Crippen molar-refractivity contribution in [3.63, 3.8) is 0 Å². The molecule has 2 saturated heterocycles. The van der Waals surface area contributed by atoms with Crippen molar-refractivity contribution in [3.8, 4) is 11.8 Å². The number of carbonyl (C=O) groups is 5. The minimum absolute atomic E-state index is 0.0215. The van der Waals surface area contributed by atoms with E-state index in [1.165, 1.54) is 11.8 Å². The first-order valence-corrected chi connectivity index (χ1v) is 22.0. The molecule has 8 rings (SSSR count). The summed E-state index contributed by atoms with van der Waals surface area (Å²) in [6.45, 7) is 2.51. The predicted molar refractivity (Wildman–Crippen MR) is 240 cm³/mol. The minimum Gasteiger partial charge on any atom is -0.355 e. The van der Waals surface area contributed by atoms with E-state index in [0.29, 0.717) is 78.0 Å². The molecule has 4 heterocycles. The smallest absolute Gasteiger partial charge is 0.317 e. The molecular weight excluding hydrogens is 820 g/mol. The van der Waals surface area contributed by atoms with Crippen molar-refractivity contribution in [2.75, 3.05) is 37.3 Å². The van der Waals surface area contributed by atoms with Gasteiger partial charge in [-0.2, -0.15) is 4.98 Å². The lowest BCUT2D eigenvalue weighted by molar-refractivity contribution is -0.136. The average molecular weight is 871 g/mol. The Kier molecular flexibility index (Phi) is 13.5. The average Bonchev–Trinajstić information content (AvgIpc) is 3.62. The van der Waals surface area contributed by atoms with E-state index in [2.05, 4.69) is 65.8 Å². The number of imide groups is 1. The van der Waals surface area contributed by atoms with E-state index in [9.17, 15) is 24.0 Å². The summed E-state index contributed by atoms with van der Waals surface area (Å²) in [7, 11) is 1.58. The fraction of sp³-hybridized carbons (Fsp3) is 0.383. The van der Waals surface area contributed by atoms with Gasteiger partial charge in [-0.15, -0.1) is 0 Å². The van der Waals surface area contributed by atoms with E-state index in [-0.39, 0.29) is 36.2 Å². The second-order valence-electron chi connectivity index (χ2n) is 16.4. The van der Waals surface area contributed by atoms with Crippen LogP contribution < -0.4 is 31.9 Å². The zero-order valence-electron chi connectivity index (χ0n) is 35.1. The topological polar surface area (TPSA) is 190 Å². The summed E-state index contributed by atoms with van der Waals surface area (Å²) in [6, 6.07) is 20.8. The van der Waals surface area contributed by atoms with Crippen molar-refractivity contribution in [2.24, 2.45) is 0 Å². The third-order valence-corrected chi connectivity index (χ3v) is 12.6. The predicted octanol–water partition coefficient (Wildman–Crippen LogP) is 5.97. The van der Waals surface area contributed by atoms with Gasteiger partial charge in [-0.3, -0.25) is 24.5 Å². The Morgan fingerprint density at radius 2 is 1.67 bits per heavy atom. The molecular formula is C47H51ClN10O5. The molecule has 3 aromatic carbocycles.